The first-order valence-electron chi connectivity index (χ1n) is 6.42. The maximum absolute atomic E-state index is 11.8. The third kappa shape index (κ3) is 5.30. The van der Waals surface area contributed by atoms with Crippen LogP contribution in [0.25, 0.3) is 0 Å². The number of carbonyl (C=O) groups is 2. The summed E-state index contributed by atoms with van der Waals surface area (Å²) in [5, 5.41) is 14.1. The van der Waals surface area contributed by atoms with Gasteiger partial charge in [0, 0.05) is 22.8 Å². The molecule has 5 nitrogen and oxygen atoms in total. The van der Waals surface area contributed by atoms with Gasteiger partial charge in [-0.3, -0.25) is 9.59 Å². The minimum Gasteiger partial charge on any atom is -0.396 e. The van der Waals surface area contributed by atoms with Crippen molar-refractivity contribution in [1.82, 2.24) is 5.32 Å². The zero-order chi connectivity index (χ0) is 15.1. The third-order valence-corrected chi connectivity index (χ3v) is 3.34. The molecular weight excluding hydrogens is 324 g/mol. The van der Waals surface area contributed by atoms with E-state index in [1.54, 1.807) is 18.2 Å². The van der Waals surface area contributed by atoms with Gasteiger partial charge < -0.3 is 15.7 Å². The molecule has 0 heterocycles. The van der Waals surface area contributed by atoms with Crippen molar-refractivity contribution >= 4 is 33.4 Å². The van der Waals surface area contributed by atoms with Crippen LogP contribution in [-0.2, 0) is 9.59 Å². The number of carbonyl (C=O) groups excluding carboxylic acids is 2. The monoisotopic (exact) mass is 342 g/mol. The molecule has 0 aromatic heterocycles. The molecule has 1 atom stereocenters. The molecule has 1 rings (SSSR count). The molecule has 0 saturated heterocycles. The van der Waals surface area contributed by atoms with Crippen LogP contribution < -0.4 is 10.6 Å². The van der Waals surface area contributed by atoms with E-state index in [-0.39, 0.29) is 18.6 Å². The Morgan fingerprint density at radius 1 is 1.30 bits per heavy atom. The Kier molecular flexibility index (Phi) is 6.67. The van der Waals surface area contributed by atoms with Crippen LogP contribution in [0.15, 0.2) is 28.7 Å². The number of hydrogen-bond donors (Lipinski definition) is 3. The zero-order valence-corrected chi connectivity index (χ0v) is 13.1. The van der Waals surface area contributed by atoms with Gasteiger partial charge in [0.25, 0.3) is 0 Å². The minimum absolute atomic E-state index is 0.0314. The molecule has 6 heteroatoms. The van der Waals surface area contributed by atoms with Crippen LogP contribution in [0.2, 0.25) is 0 Å². The summed E-state index contributed by atoms with van der Waals surface area (Å²) in [6, 6.07) is 6.77. The van der Waals surface area contributed by atoms with Gasteiger partial charge in [-0.25, -0.2) is 0 Å². The van der Waals surface area contributed by atoms with Gasteiger partial charge in [-0.15, -0.1) is 0 Å². The van der Waals surface area contributed by atoms with E-state index in [1.165, 1.54) is 0 Å². The Morgan fingerprint density at radius 2 is 2.00 bits per heavy atom. The Bertz CT molecular complexity index is 477. The first-order chi connectivity index (χ1) is 9.43. The van der Waals surface area contributed by atoms with E-state index in [2.05, 4.69) is 26.6 Å². The standard InChI is InChI=1S/C14H19BrN2O3/c1-9(2)12(6-7-18)17-14(20)13(19)16-11-5-3-4-10(15)8-11/h3-5,8-9,12,18H,6-7H2,1-2H3,(H,16,19)(H,17,20). The van der Waals surface area contributed by atoms with Crippen LogP contribution in [-0.4, -0.2) is 29.6 Å². The highest BCUT2D eigenvalue weighted by Crippen LogP contribution is 2.15. The lowest BCUT2D eigenvalue weighted by Crippen LogP contribution is -2.44. The molecule has 2 amide bonds. The molecule has 20 heavy (non-hydrogen) atoms. The SMILES string of the molecule is CC(C)C(CCO)NC(=O)C(=O)Nc1cccc(Br)c1. The van der Waals surface area contributed by atoms with Crippen LogP contribution in [0.1, 0.15) is 20.3 Å². The Balaban J connectivity index is 2.60. The number of halogens is 1. The van der Waals surface area contributed by atoms with Crippen molar-refractivity contribution in [3.8, 4) is 0 Å². The highest BCUT2D eigenvalue weighted by Gasteiger charge is 2.20. The fraction of sp³-hybridized carbons (Fsp3) is 0.429. The molecule has 0 aliphatic heterocycles. The molecule has 1 unspecified atom stereocenters. The van der Waals surface area contributed by atoms with Gasteiger partial charge in [0.05, 0.1) is 0 Å². The van der Waals surface area contributed by atoms with Gasteiger partial charge in [-0.05, 0) is 30.5 Å². The minimum atomic E-state index is -0.716. The Labute approximate surface area is 126 Å². The van der Waals surface area contributed by atoms with Gasteiger partial charge in [-0.1, -0.05) is 35.8 Å². The fourth-order valence-electron chi connectivity index (χ4n) is 1.70. The van der Waals surface area contributed by atoms with Gasteiger partial charge in [0.1, 0.15) is 0 Å². The number of nitrogens with one attached hydrogen (secondary N) is 2. The molecular formula is C14H19BrN2O3. The van der Waals surface area contributed by atoms with Crippen molar-refractivity contribution in [3.05, 3.63) is 28.7 Å². The van der Waals surface area contributed by atoms with Gasteiger partial charge in [0.15, 0.2) is 0 Å². The Morgan fingerprint density at radius 3 is 2.55 bits per heavy atom. The van der Waals surface area contributed by atoms with E-state index < -0.39 is 11.8 Å². The van der Waals surface area contributed by atoms with Crippen molar-refractivity contribution in [2.45, 2.75) is 26.3 Å². The lowest BCUT2D eigenvalue weighted by molar-refractivity contribution is -0.136. The summed E-state index contributed by atoms with van der Waals surface area (Å²) in [5.41, 5.74) is 0.544. The molecule has 1 aromatic rings. The smallest absolute Gasteiger partial charge is 0.313 e. The van der Waals surface area contributed by atoms with Crippen molar-refractivity contribution in [3.63, 3.8) is 0 Å². The summed E-state index contributed by atoms with van der Waals surface area (Å²) in [6.07, 6.45) is 0.424. The van der Waals surface area contributed by atoms with E-state index in [4.69, 9.17) is 5.11 Å². The number of rotatable bonds is 5. The topological polar surface area (TPSA) is 78.4 Å². The number of benzene rings is 1. The van der Waals surface area contributed by atoms with Crippen molar-refractivity contribution in [2.75, 3.05) is 11.9 Å². The molecule has 0 radical (unpaired) electrons. The lowest BCUT2D eigenvalue weighted by atomic mass is 10.0. The molecule has 1 aromatic carbocycles. The number of hydrogen-bond acceptors (Lipinski definition) is 3. The summed E-state index contributed by atoms with van der Waals surface area (Å²) >= 11 is 3.29. The van der Waals surface area contributed by atoms with Crippen LogP contribution >= 0.6 is 15.9 Å². The average Bonchev–Trinajstić information content (AvgIpc) is 2.37. The molecule has 0 aliphatic rings. The summed E-state index contributed by atoms with van der Waals surface area (Å²) in [7, 11) is 0. The number of aliphatic hydroxyl groups excluding tert-OH is 1. The molecule has 3 N–H and O–H groups in total. The second-order valence-electron chi connectivity index (χ2n) is 4.80. The van der Waals surface area contributed by atoms with Crippen LogP contribution in [0.4, 0.5) is 5.69 Å². The lowest BCUT2D eigenvalue weighted by Gasteiger charge is -2.21. The third-order valence-electron chi connectivity index (χ3n) is 2.85. The van der Waals surface area contributed by atoms with E-state index in [9.17, 15) is 9.59 Å². The van der Waals surface area contributed by atoms with E-state index in [1.807, 2.05) is 19.9 Å². The summed E-state index contributed by atoms with van der Waals surface area (Å²) in [6.45, 7) is 3.82. The Hall–Kier alpha value is -1.40. The van der Waals surface area contributed by atoms with Gasteiger partial charge >= 0.3 is 11.8 Å². The van der Waals surface area contributed by atoms with Crippen LogP contribution in [0.3, 0.4) is 0 Å². The first-order valence-corrected chi connectivity index (χ1v) is 7.21. The summed E-state index contributed by atoms with van der Waals surface area (Å²) in [5.74, 6) is -1.27. The number of anilines is 1. The highest BCUT2D eigenvalue weighted by molar-refractivity contribution is 9.10. The number of aliphatic hydroxyl groups is 1. The van der Waals surface area contributed by atoms with Gasteiger partial charge in [-0.2, -0.15) is 0 Å². The fourth-order valence-corrected chi connectivity index (χ4v) is 2.10. The maximum atomic E-state index is 11.8. The van der Waals surface area contributed by atoms with Crippen molar-refractivity contribution < 1.29 is 14.7 Å². The molecule has 110 valence electrons. The molecule has 0 bridgehead atoms. The molecule has 0 aliphatic carbocycles. The van der Waals surface area contributed by atoms with Crippen LogP contribution in [0.5, 0.6) is 0 Å². The van der Waals surface area contributed by atoms with Crippen LogP contribution in [0, 0.1) is 5.92 Å². The first kappa shape index (κ1) is 16.7. The zero-order valence-electron chi connectivity index (χ0n) is 11.5. The highest BCUT2D eigenvalue weighted by atomic mass is 79.9. The van der Waals surface area contributed by atoms with Crippen molar-refractivity contribution in [2.24, 2.45) is 5.92 Å². The van der Waals surface area contributed by atoms with Crippen molar-refractivity contribution in [1.29, 1.82) is 0 Å². The predicted octanol–water partition coefficient (Wildman–Crippen LogP) is 1.91. The maximum Gasteiger partial charge on any atom is 0.313 e. The second-order valence-corrected chi connectivity index (χ2v) is 5.72. The largest absolute Gasteiger partial charge is 0.396 e. The van der Waals surface area contributed by atoms with E-state index in [0.717, 1.165) is 4.47 Å². The van der Waals surface area contributed by atoms with E-state index in [0.29, 0.717) is 12.1 Å². The second kappa shape index (κ2) is 8.01. The van der Waals surface area contributed by atoms with E-state index >= 15 is 0 Å². The normalized spacial score (nSPS) is 12.1. The quantitative estimate of drug-likeness (QED) is 0.715. The summed E-state index contributed by atoms with van der Waals surface area (Å²) in [4.78, 5) is 23.6. The average molecular weight is 343 g/mol. The predicted molar refractivity (Wildman–Crippen MR) is 81.2 cm³/mol. The number of amides is 2. The molecule has 0 spiro atoms. The molecule has 0 fully saturated rings. The molecule has 0 saturated carbocycles. The van der Waals surface area contributed by atoms with Gasteiger partial charge in [0.2, 0.25) is 0 Å². The summed E-state index contributed by atoms with van der Waals surface area (Å²) < 4.78 is 0.816.